The first-order chi connectivity index (χ1) is 11.4. The fourth-order valence-corrected chi connectivity index (χ4v) is 3.37. The molecule has 24 heavy (non-hydrogen) atoms. The number of hydrogen-bond acceptors (Lipinski definition) is 4. The van der Waals surface area contributed by atoms with Crippen LogP contribution in [-0.2, 0) is 4.79 Å². The molecule has 2 aliphatic heterocycles. The Bertz CT molecular complexity index is 643. The normalized spacial score (nSPS) is 19.8. The molecular weight excluding hydrogens is 306 g/mol. The maximum absolute atomic E-state index is 13.0. The zero-order valence-corrected chi connectivity index (χ0v) is 14.4. The van der Waals surface area contributed by atoms with Crippen molar-refractivity contribution in [2.45, 2.75) is 19.9 Å². The van der Waals surface area contributed by atoms with Gasteiger partial charge in [0.2, 0.25) is 5.91 Å². The van der Waals surface area contributed by atoms with Crippen molar-refractivity contribution in [2.24, 2.45) is 5.92 Å². The summed E-state index contributed by atoms with van der Waals surface area (Å²) in [5.41, 5.74) is 0.777. The van der Waals surface area contributed by atoms with Crippen LogP contribution in [0.2, 0.25) is 0 Å². The van der Waals surface area contributed by atoms with Gasteiger partial charge in [-0.2, -0.15) is 0 Å². The second-order valence-corrected chi connectivity index (χ2v) is 6.84. The minimum Gasteiger partial charge on any atom is -0.338 e. The van der Waals surface area contributed by atoms with Crippen molar-refractivity contribution in [1.29, 1.82) is 0 Å². The van der Waals surface area contributed by atoms with Crippen LogP contribution in [0, 0.1) is 5.92 Å². The molecule has 3 amide bonds. The summed E-state index contributed by atoms with van der Waals surface area (Å²) in [7, 11) is 2.02. The predicted molar refractivity (Wildman–Crippen MR) is 89.6 cm³/mol. The lowest BCUT2D eigenvalue weighted by Crippen LogP contribution is -2.57. The second kappa shape index (κ2) is 6.36. The maximum atomic E-state index is 13.0. The molecule has 6 heteroatoms. The minimum absolute atomic E-state index is 0.132. The third-order valence-electron chi connectivity index (χ3n) is 4.80. The molecule has 1 atom stereocenters. The highest BCUT2D eigenvalue weighted by Crippen LogP contribution is 2.28. The van der Waals surface area contributed by atoms with Crippen LogP contribution >= 0.6 is 0 Å². The number of carbonyl (C=O) groups excluding carboxylic acids is 3. The van der Waals surface area contributed by atoms with Crippen LogP contribution in [0.25, 0.3) is 0 Å². The van der Waals surface area contributed by atoms with Crippen LogP contribution in [-0.4, -0.2) is 71.7 Å². The molecule has 2 heterocycles. The number of nitrogens with zero attached hydrogens (tertiary/aromatic N) is 3. The van der Waals surface area contributed by atoms with E-state index in [-0.39, 0.29) is 23.6 Å². The van der Waals surface area contributed by atoms with Crippen LogP contribution in [0.4, 0.5) is 0 Å². The van der Waals surface area contributed by atoms with Crippen molar-refractivity contribution in [3.63, 3.8) is 0 Å². The lowest BCUT2D eigenvalue weighted by atomic mass is 10.0. The molecule has 6 nitrogen and oxygen atoms in total. The third-order valence-corrected chi connectivity index (χ3v) is 4.80. The SMILES string of the molecule is CC(C)[C@@H](C(=O)N1CCN(C)CC1)N1C(=O)c2ccccc2C1=O. The van der Waals surface area contributed by atoms with Crippen LogP contribution in [0.15, 0.2) is 24.3 Å². The van der Waals surface area contributed by atoms with E-state index in [9.17, 15) is 14.4 Å². The molecule has 1 aromatic carbocycles. The molecule has 0 N–H and O–H groups in total. The van der Waals surface area contributed by atoms with Crippen molar-refractivity contribution < 1.29 is 14.4 Å². The molecule has 0 saturated carbocycles. The molecule has 0 radical (unpaired) electrons. The van der Waals surface area contributed by atoms with Crippen molar-refractivity contribution in [1.82, 2.24) is 14.7 Å². The van der Waals surface area contributed by atoms with Gasteiger partial charge in [0, 0.05) is 26.2 Å². The van der Waals surface area contributed by atoms with Gasteiger partial charge in [-0.25, -0.2) is 0 Å². The highest BCUT2D eigenvalue weighted by molar-refractivity contribution is 6.22. The number of imide groups is 1. The number of benzene rings is 1. The number of rotatable bonds is 3. The van der Waals surface area contributed by atoms with Gasteiger partial charge in [0.1, 0.15) is 6.04 Å². The van der Waals surface area contributed by atoms with E-state index in [1.54, 1.807) is 29.2 Å². The Balaban J connectivity index is 1.88. The molecule has 128 valence electrons. The molecule has 3 rings (SSSR count). The smallest absolute Gasteiger partial charge is 0.262 e. The monoisotopic (exact) mass is 329 g/mol. The summed E-state index contributed by atoms with van der Waals surface area (Å²) in [4.78, 5) is 43.6. The Morgan fingerprint density at radius 1 is 0.958 bits per heavy atom. The maximum Gasteiger partial charge on any atom is 0.262 e. The molecular formula is C18H23N3O3. The summed E-state index contributed by atoms with van der Waals surface area (Å²) in [6.45, 7) is 6.62. The number of carbonyl (C=O) groups is 3. The van der Waals surface area contributed by atoms with Gasteiger partial charge in [0.25, 0.3) is 11.8 Å². The molecule has 0 bridgehead atoms. The van der Waals surface area contributed by atoms with E-state index >= 15 is 0 Å². The third kappa shape index (κ3) is 2.71. The first-order valence-corrected chi connectivity index (χ1v) is 8.36. The van der Waals surface area contributed by atoms with Gasteiger partial charge in [-0.3, -0.25) is 19.3 Å². The van der Waals surface area contributed by atoms with E-state index in [1.807, 2.05) is 20.9 Å². The number of piperazine rings is 1. The number of fused-ring (bicyclic) bond motifs is 1. The molecule has 2 aliphatic rings. The van der Waals surface area contributed by atoms with Gasteiger partial charge in [-0.05, 0) is 25.1 Å². The molecule has 1 fully saturated rings. The fraction of sp³-hybridized carbons (Fsp3) is 0.500. The first-order valence-electron chi connectivity index (χ1n) is 8.36. The zero-order chi connectivity index (χ0) is 17.4. The highest BCUT2D eigenvalue weighted by atomic mass is 16.2. The Labute approximate surface area is 142 Å². The summed E-state index contributed by atoms with van der Waals surface area (Å²) in [6.07, 6.45) is 0. The summed E-state index contributed by atoms with van der Waals surface area (Å²) in [6, 6.07) is 6.02. The van der Waals surface area contributed by atoms with Gasteiger partial charge in [-0.1, -0.05) is 26.0 Å². The minimum atomic E-state index is -0.749. The van der Waals surface area contributed by atoms with E-state index in [2.05, 4.69) is 4.90 Å². The molecule has 0 aliphatic carbocycles. The van der Waals surface area contributed by atoms with Crippen LogP contribution in [0.5, 0.6) is 0 Å². The Morgan fingerprint density at radius 3 is 1.92 bits per heavy atom. The fourth-order valence-electron chi connectivity index (χ4n) is 3.37. The predicted octanol–water partition coefficient (Wildman–Crippen LogP) is 1.08. The first kappa shape index (κ1) is 16.6. The van der Waals surface area contributed by atoms with Gasteiger partial charge in [0.05, 0.1) is 11.1 Å². The van der Waals surface area contributed by atoms with Crippen LogP contribution in [0.3, 0.4) is 0 Å². The van der Waals surface area contributed by atoms with Crippen molar-refractivity contribution in [2.75, 3.05) is 33.2 Å². The Kier molecular flexibility index (Phi) is 4.41. The zero-order valence-electron chi connectivity index (χ0n) is 14.4. The molecule has 1 aromatic rings. The molecule has 0 spiro atoms. The average Bonchev–Trinajstić information content (AvgIpc) is 2.81. The molecule has 1 saturated heterocycles. The standard InChI is InChI=1S/C18H23N3O3/c1-12(2)15(18(24)20-10-8-19(3)9-11-20)21-16(22)13-6-4-5-7-14(13)17(21)23/h4-7,12,15H,8-11H2,1-3H3/t15-/m0/s1. The Hall–Kier alpha value is -2.21. The van der Waals surface area contributed by atoms with Gasteiger partial charge in [-0.15, -0.1) is 0 Å². The van der Waals surface area contributed by atoms with Crippen LogP contribution in [0.1, 0.15) is 34.6 Å². The van der Waals surface area contributed by atoms with Gasteiger partial charge < -0.3 is 9.80 Å². The number of hydrogen-bond donors (Lipinski definition) is 0. The highest BCUT2D eigenvalue weighted by Gasteiger charge is 2.45. The van der Waals surface area contributed by atoms with Crippen LogP contribution < -0.4 is 0 Å². The van der Waals surface area contributed by atoms with Crippen molar-refractivity contribution in [3.05, 3.63) is 35.4 Å². The quantitative estimate of drug-likeness (QED) is 0.779. The summed E-state index contributed by atoms with van der Waals surface area (Å²) in [5.74, 6) is -1.000. The second-order valence-electron chi connectivity index (χ2n) is 6.84. The van der Waals surface area contributed by atoms with Gasteiger partial charge >= 0.3 is 0 Å². The average molecular weight is 329 g/mol. The molecule has 0 aromatic heterocycles. The summed E-state index contributed by atoms with van der Waals surface area (Å²) < 4.78 is 0. The largest absolute Gasteiger partial charge is 0.338 e. The lowest BCUT2D eigenvalue weighted by Gasteiger charge is -2.37. The van der Waals surface area contributed by atoms with E-state index in [0.717, 1.165) is 18.0 Å². The molecule has 0 unspecified atom stereocenters. The van der Waals surface area contributed by atoms with Gasteiger partial charge in [0.15, 0.2) is 0 Å². The van der Waals surface area contributed by atoms with E-state index in [0.29, 0.717) is 24.2 Å². The summed E-state index contributed by atoms with van der Waals surface area (Å²) in [5, 5.41) is 0. The van der Waals surface area contributed by atoms with E-state index in [4.69, 9.17) is 0 Å². The van der Waals surface area contributed by atoms with E-state index < -0.39 is 6.04 Å². The van der Waals surface area contributed by atoms with Crippen molar-refractivity contribution >= 4 is 17.7 Å². The number of likely N-dealkylation sites (N-methyl/N-ethyl adjacent to an activating group) is 1. The van der Waals surface area contributed by atoms with Crippen molar-refractivity contribution in [3.8, 4) is 0 Å². The van der Waals surface area contributed by atoms with E-state index in [1.165, 1.54) is 0 Å². The number of amides is 3. The Morgan fingerprint density at radius 2 is 1.46 bits per heavy atom. The lowest BCUT2D eigenvalue weighted by molar-refractivity contribution is -0.138. The topological polar surface area (TPSA) is 60.9 Å². The summed E-state index contributed by atoms with van der Waals surface area (Å²) >= 11 is 0.